The maximum Gasteiger partial charge on any atom is 0.407 e. The number of aryl methyl sites for hydroxylation is 1. The Hall–Kier alpha value is -4.13. The van der Waals surface area contributed by atoms with Gasteiger partial charge in [-0.2, -0.15) is 11.8 Å². The molecule has 3 N–H and O–H groups in total. The smallest absolute Gasteiger partial charge is 0.407 e. The van der Waals surface area contributed by atoms with Crippen molar-refractivity contribution in [3.8, 4) is 28.4 Å². The Morgan fingerprint density at radius 3 is 2.27 bits per heavy atom. The molecule has 2 aromatic rings. The molecular weight excluding hydrogens is 648 g/mol. The average Bonchev–Trinajstić information content (AvgIpc) is 3.29. The van der Waals surface area contributed by atoms with Crippen molar-refractivity contribution in [2.75, 3.05) is 51.7 Å². The van der Waals surface area contributed by atoms with Gasteiger partial charge in [0.05, 0.1) is 33.1 Å². The minimum atomic E-state index is -0.643. The lowest BCUT2D eigenvalue weighted by Gasteiger charge is -2.35. The van der Waals surface area contributed by atoms with Gasteiger partial charge in [-0.1, -0.05) is 6.07 Å². The monoisotopic (exact) mass is 698 g/mol. The van der Waals surface area contributed by atoms with Gasteiger partial charge in [0.2, 0.25) is 23.0 Å². The van der Waals surface area contributed by atoms with Gasteiger partial charge in [-0.3, -0.25) is 14.4 Å². The zero-order chi connectivity index (χ0) is 35.9. The van der Waals surface area contributed by atoms with Crippen LogP contribution in [0.1, 0.15) is 70.5 Å². The number of hydrogen-bond acceptors (Lipinski definition) is 10. The lowest BCUT2D eigenvalue weighted by atomic mass is 9.95. The zero-order valence-corrected chi connectivity index (χ0v) is 30.6. The third kappa shape index (κ3) is 9.31. The van der Waals surface area contributed by atoms with E-state index in [9.17, 15) is 19.2 Å². The fourth-order valence-corrected chi connectivity index (χ4v) is 6.92. The van der Waals surface area contributed by atoms with Crippen LogP contribution in [-0.2, 0) is 20.7 Å². The van der Waals surface area contributed by atoms with Crippen LogP contribution in [-0.4, -0.2) is 86.9 Å². The van der Waals surface area contributed by atoms with Gasteiger partial charge in [0.25, 0.3) is 0 Å². The number of alkyl carbamates (subject to hydrolysis) is 1. The Labute approximate surface area is 293 Å². The molecule has 0 spiro atoms. The van der Waals surface area contributed by atoms with Gasteiger partial charge in [-0.25, -0.2) is 4.79 Å². The Morgan fingerprint density at radius 1 is 0.980 bits per heavy atom. The number of fused-ring (bicyclic) bond motifs is 3. The van der Waals surface area contributed by atoms with E-state index >= 15 is 0 Å². The average molecular weight is 699 g/mol. The summed E-state index contributed by atoms with van der Waals surface area (Å²) in [5.41, 5.74) is 2.41. The topological polar surface area (TPSA) is 145 Å². The summed E-state index contributed by atoms with van der Waals surface area (Å²) in [7, 11) is 4.66. The Bertz CT molecular complexity index is 1590. The first-order chi connectivity index (χ1) is 23.3. The molecule has 268 valence electrons. The third-order valence-electron chi connectivity index (χ3n) is 8.68. The fraction of sp³-hybridized carbons (Fsp3) is 0.556. The molecule has 2 aromatic carbocycles. The molecular formula is C36H50N4O8S. The summed E-state index contributed by atoms with van der Waals surface area (Å²) in [5, 5.41) is 9.23. The Morgan fingerprint density at radius 2 is 1.67 bits per heavy atom. The fourth-order valence-electron chi connectivity index (χ4n) is 6.45. The summed E-state index contributed by atoms with van der Waals surface area (Å²) in [6.07, 6.45) is 4.34. The molecule has 1 heterocycles. The first kappa shape index (κ1) is 37.7. The quantitative estimate of drug-likeness (QED) is 0.296. The van der Waals surface area contributed by atoms with Crippen molar-refractivity contribution < 1.29 is 33.3 Å². The Kier molecular flexibility index (Phi) is 12.7. The van der Waals surface area contributed by atoms with Crippen LogP contribution in [0.3, 0.4) is 0 Å². The normalized spacial score (nSPS) is 16.7. The molecule has 0 radical (unpaired) electrons. The number of ether oxygens (including phenoxy) is 4. The third-order valence-corrected chi connectivity index (χ3v) is 9.33. The van der Waals surface area contributed by atoms with E-state index in [1.165, 1.54) is 6.92 Å². The van der Waals surface area contributed by atoms with Crippen molar-refractivity contribution in [1.29, 1.82) is 0 Å². The number of carbonyl (C=O) groups is 3. The summed E-state index contributed by atoms with van der Waals surface area (Å²) in [5.74, 6) is 1.80. The minimum absolute atomic E-state index is 0.0941. The van der Waals surface area contributed by atoms with E-state index in [0.29, 0.717) is 79.3 Å². The second kappa shape index (κ2) is 16.5. The van der Waals surface area contributed by atoms with E-state index in [0.717, 1.165) is 11.1 Å². The number of nitrogens with zero attached hydrogens (tertiary/aromatic N) is 1. The van der Waals surface area contributed by atoms with Crippen LogP contribution in [0.15, 0.2) is 29.1 Å². The lowest BCUT2D eigenvalue weighted by molar-refractivity contribution is -0.133. The highest BCUT2D eigenvalue weighted by Gasteiger charge is 2.32. The number of nitrogens with one attached hydrogen (secondary N) is 3. The van der Waals surface area contributed by atoms with Crippen molar-refractivity contribution >= 4 is 35.4 Å². The van der Waals surface area contributed by atoms with E-state index in [2.05, 4.69) is 16.0 Å². The van der Waals surface area contributed by atoms with Crippen LogP contribution in [0.4, 0.5) is 10.5 Å². The highest BCUT2D eigenvalue weighted by atomic mass is 32.2. The number of amides is 3. The van der Waals surface area contributed by atoms with Crippen LogP contribution in [0.25, 0.3) is 11.1 Å². The molecule has 4 rings (SSSR count). The standard InChI is InChI=1S/C36H50N4O8S/c1-21(41)37-26-11-9-22-19-30(45-5)32(46-6)33(47-7)31(22)24-10-12-27(29(42)20-25(24)26)39-28(15-18-49-8)34(43)40-16-13-23(14-17-40)38-35(44)48-36(2,3)4/h10,12,19-20,23,26,28H,9,11,13-18H2,1-8H3,(H,37,41)(H,38,44)(H,39,42)/t26-,28-/m1/s1. The molecule has 1 fully saturated rings. The Balaban J connectivity index is 1.67. The van der Waals surface area contributed by atoms with Crippen LogP contribution < -0.4 is 35.6 Å². The maximum absolute atomic E-state index is 13.9. The lowest BCUT2D eigenvalue weighted by Crippen LogP contribution is -2.51. The summed E-state index contributed by atoms with van der Waals surface area (Å²) in [6.45, 7) is 7.85. The first-order valence-electron chi connectivity index (χ1n) is 16.6. The van der Waals surface area contributed by atoms with Crippen molar-refractivity contribution in [2.45, 2.75) is 83.5 Å². The van der Waals surface area contributed by atoms with Crippen molar-refractivity contribution in [2.24, 2.45) is 0 Å². The van der Waals surface area contributed by atoms with Gasteiger partial charge in [0.15, 0.2) is 11.5 Å². The zero-order valence-electron chi connectivity index (χ0n) is 29.8. The predicted molar refractivity (Wildman–Crippen MR) is 192 cm³/mol. The number of thioether (sulfide) groups is 1. The van der Waals surface area contributed by atoms with Gasteiger partial charge in [-0.15, -0.1) is 0 Å². The second-order valence-electron chi connectivity index (χ2n) is 13.3. The molecule has 49 heavy (non-hydrogen) atoms. The van der Waals surface area contributed by atoms with Crippen LogP contribution in [0, 0.1) is 0 Å². The maximum atomic E-state index is 13.9. The van der Waals surface area contributed by atoms with Gasteiger partial charge in [0, 0.05) is 31.6 Å². The summed E-state index contributed by atoms with van der Waals surface area (Å²) in [4.78, 5) is 54.3. The number of methoxy groups -OCH3 is 3. The molecule has 0 bridgehead atoms. The van der Waals surface area contributed by atoms with Crippen LogP contribution in [0.5, 0.6) is 17.2 Å². The van der Waals surface area contributed by atoms with E-state index in [4.69, 9.17) is 18.9 Å². The highest BCUT2D eigenvalue weighted by Crippen LogP contribution is 2.50. The minimum Gasteiger partial charge on any atom is -0.493 e. The molecule has 2 atom stereocenters. The molecule has 0 unspecified atom stereocenters. The van der Waals surface area contributed by atoms with Crippen molar-refractivity contribution in [3.63, 3.8) is 0 Å². The van der Waals surface area contributed by atoms with Crippen molar-refractivity contribution in [1.82, 2.24) is 15.5 Å². The number of piperidine rings is 1. The SMILES string of the molecule is COc1cc2c(c(OC)c1OC)-c1ccc(N[C@H](CCSC)C(=O)N3CCC(NC(=O)OC(C)(C)C)CC3)c(=O)cc1[C@H](NC(C)=O)CC2. The van der Waals surface area contributed by atoms with Crippen LogP contribution >= 0.6 is 11.8 Å². The molecule has 12 nitrogen and oxygen atoms in total. The number of benzene rings is 1. The van der Waals surface area contributed by atoms with Crippen molar-refractivity contribution in [3.05, 3.63) is 45.6 Å². The summed E-state index contributed by atoms with van der Waals surface area (Å²) in [6, 6.07) is 5.82. The molecule has 1 aliphatic carbocycles. The summed E-state index contributed by atoms with van der Waals surface area (Å²) < 4.78 is 22.6. The van der Waals surface area contributed by atoms with E-state index < -0.39 is 23.8 Å². The summed E-state index contributed by atoms with van der Waals surface area (Å²) >= 11 is 1.62. The predicted octanol–water partition coefficient (Wildman–Crippen LogP) is 4.91. The van der Waals surface area contributed by atoms with Crippen LogP contribution in [0.2, 0.25) is 0 Å². The molecule has 0 aromatic heterocycles. The molecule has 3 amide bonds. The number of rotatable bonds is 11. The molecule has 13 heteroatoms. The van der Waals surface area contributed by atoms with Gasteiger partial charge < -0.3 is 39.8 Å². The van der Waals surface area contributed by atoms with Gasteiger partial charge >= 0.3 is 6.09 Å². The van der Waals surface area contributed by atoms with Gasteiger partial charge in [0.1, 0.15) is 11.6 Å². The molecule has 1 saturated heterocycles. The van der Waals surface area contributed by atoms with E-state index in [1.54, 1.807) is 50.1 Å². The highest BCUT2D eigenvalue weighted by molar-refractivity contribution is 7.98. The van der Waals surface area contributed by atoms with E-state index in [-0.39, 0.29) is 29.0 Å². The number of anilines is 1. The van der Waals surface area contributed by atoms with Gasteiger partial charge in [-0.05, 0) is 99.8 Å². The molecule has 1 aliphatic heterocycles. The second-order valence-corrected chi connectivity index (χ2v) is 14.3. The number of likely N-dealkylation sites (tertiary alicyclic amines) is 1. The molecule has 2 aliphatic rings. The molecule has 0 saturated carbocycles. The van der Waals surface area contributed by atoms with E-state index in [1.807, 2.05) is 39.2 Å². The number of carbonyl (C=O) groups excluding carboxylic acids is 3. The first-order valence-corrected chi connectivity index (χ1v) is 18.0. The number of hydrogen-bond donors (Lipinski definition) is 3. The largest absolute Gasteiger partial charge is 0.493 e.